The Morgan fingerprint density at radius 3 is 2.86 bits per heavy atom. The van der Waals surface area contributed by atoms with Gasteiger partial charge in [0.1, 0.15) is 5.92 Å². The van der Waals surface area contributed by atoms with Crippen LogP contribution in [0.2, 0.25) is 0 Å². The van der Waals surface area contributed by atoms with E-state index in [1.165, 1.54) is 6.20 Å². The van der Waals surface area contributed by atoms with E-state index in [1.807, 2.05) is 19.9 Å². The maximum Gasteiger partial charge on any atom is 0.244 e. The van der Waals surface area contributed by atoms with Crippen LogP contribution in [0.5, 0.6) is 0 Å². The van der Waals surface area contributed by atoms with Crippen molar-refractivity contribution < 1.29 is 4.79 Å². The number of carbonyl (C=O) groups is 1. The molecule has 1 atom stereocenters. The Morgan fingerprint density at radius 2 is 2.43 bits per heavy atom. The maximum absolute atomic E-state index is 11.5. The number of nitrogens with one attached hydrogen (secondary N) is 2. The highest BCUT2D eigenvalue weighted by molar-refractivity contribution is 5.92. The van der Waals surface area contributed by atoms with Crippen LogP contribution in [0.15, 0.2) is 12.4 Å². The first-order valence-corrected chi connectivity index (χ1v) is 4.35. The van der Waals surface area contributed by atoms with Gasteiger partial charge in [0.2, 0.25) is 11.9 Å². The van der Waals surface area contributed by atoms with Gasteiger partial charge in [-0.05, 0) is 5.92 Å². The van der Waals surface area contributed by atoms with Gasteiger partial charge in [-0.2, -0.15) is 5.26 Å². The van der Waals surface area contributed by atoms with Gasteiger partial charge >= 0.3 is 0 Å². The van der Waals surface area contributed by atoms with E-state index in [0.29, 0.717) is 5.95 Å². The molecule has 0 spiro atoms. The van der Waals surface area contributed by atoms with Gasteiger partial charge in [0.25, 0.3) is 0 Å². The maximum atomic E-state index is 11.5. The molecule has 1 amide bonds. The summed E-state index contributed by atoms with van der Waals surface area (Å²) in [4.78, 5) is 18.1. The molecule has 0 bridgehead atoms. The lowest BCUT2D eigenvalue weighted by atomic mass is 9.97. The van der Waals surface area contributed by atoms with Gasteiger partial charge in [-0.15, -0.1) is 0 Å². The van der Waals surface area contributed by atoms with E-state index in [4.69, 9.17) is 5.26 Å². The zero-order valence-corrected chi connectivity index (χ0v) is 8.11. The molecule has 1 aromatic heterocycles. The molecule has 0 saturated heterocycles. The second kappa shape index (κ2) is 4.42. The zero-order valence-electron chi connectivity index (χ0n) is 8.11. The first-order valence-electron chi connectivity index (χ1n) is 4.35. The molecule has 0 aliphatic heterocycles. The Labute approximate surface area is 82.2 Å². The molecule has 0 saturated carbocycles. The molecule has 2 N–H and O–H groups in total. The highest BCUT2D eigenvalue weighted by Crippen LogP contribution is 2.11. The summed E-state index contributed by atoms with van der Waals surface area (Å²) in [6.45, 7) is 3.66. The Kier molecular flexibility index (Phi) is 3.24. The third kappa shape index (κ3) is 2.33. The molecule has 1 aromatic rings. The molecule has 5 nitrogen and oxygen atoms in total. The third-order valence-corrected chi connectivity index (χ3v) is 1.83. The van der Waals surface area contributed by atoms with E-state index in [9.17, 15) is 4.79 Å². The predicted octanol–water partition coefficient (Wildman–Crippen LogP) is 1.14. The molecular formula is C9H12N4O. The molecule has 5 heteroatoms. The minimum atomic E-state index is -0.639. The van der Waals surface area contributed by atoms with Crippen molar-refractivity contribution in [3.8, 4) is 6.07 Å². The number of aromatic nitrogens is 2. The number of carbonyl (C=O) groups excluding carboxylic acids is 1. The minimum Gasteiger partial charge on any atom is -0.331 e. The van der Waals surface area contributed by atoms with Gasteiger partial charge in [-0.3, -0.25) is 10.1 Å². The van der Waals surface area contributed by atoms with Crippen LogP contribution in [0, 0.1) is 23.2 Å². The smallest absolute Gasteiger partial charge is 0.244 e. The standard InChI is InChI=1S/C9H12N4O/c1-6(2)7(5-10)8(14)13-9-11-3-4-12-9/h3-4,6-7H,1-2H3,(H2,11,12,13,14). The number of hydrogen-bond acceptors (Lipinski definition) is 3. The fraction of sp³-hybridized carbons (Fsp3) is 0.444. The van der Waals surface area contributed by atoms with E-state index in [0.717, 1.165) is 0 Å². The van der Waals surface area contributed by atoms with Gasteiger partial charge < -0.3 is 4.98 Å². The lowest BCUT2D eigenvalue weighted by Gasteiger charge is -2.11. The average Bonchev–Trinajstić information content (AvgIpc) is 2.57. The quantitative estimate of drug-likeness (QED) is 0.753. The number of aromatic amines is 1. The van der Waals surface area contributed by atoms with Crippen LogP contribution in [-0.4, -0.2) is 15.9 Å². The molecule has 0 radical (unpaired) electrons. The first kappa shape index (κ1) is 10.3. The van der Waals surface area contributed by atoms with Crippen molar-refractivity contribution >= 4 is 11.9 Å². The summed E-state index contributed by atoms with van der Waals surface area (Å²) in [6.07, 6.45) is 3.14. The molecule has 1 unspecified atom stereocenters. The minimum absolute atomic E-state index is 0.00466. The van der Waals surface area contributed by atoms with Crippen LogP contribution in [0.25, 0.3) is 0 Å². The van der Waals surface area contributed by atoms with Crippen molar-refractivity contribution in [3.63, 3.8) is 0 Å². The largest absolute Gasteiger partial charge is 0.331 e. The summed E-state index contributed by atoms with van der Waals surface area (Å²) < 4.78 is 0. The van der Waals surface area contributed by atoms with Crippen molar-refractivity contribution in [2.45, 2.75) is 13.8 Å². The second-order valence-electron chi connectivity index (χ2n) is 3.28. The van der Waals surface area contributed by atoms with Crippen molar-refractivity contribution in [2.75, 3.05) is 5.32 Å². The molecule has 0 aliphatic rings. The van der Waals surface area contributed by atoms with Gasteiger partial charge in [0.05, 0.1) is 6.07 Å². The third-order valence-electron chi connectivity index (χ3n) is 1.83. The number of rotatable bonds is 3. The van der Waals surface area contributed by atoms with Crippen molar-refractivity contribution in [2.24, 2.45) is 11.8 Å². The lowest BCUT2D eigenvalue weighted by molar-refractivity contribution is -0.119. The van der Waals surface area contributed by atoms with Crippen LogP contribution in [0.4, 0.5) is 5.95 Å². The van der Waals surface area contributed by atoms with E-state index in [-0.39, 0.29) is 11.8 Å². The Balaban J connectivity index is 2.62. The van der Waals surface area contributed by atoms with Crippen LogP contribution < -0.4 is 5.32 Å². The summed E-state index contributed by atoms with van der Waals surface area (Å²) in [5.74, 6) is -0.594. The Hall–Kier alpha value is -1.83. The number of anilines is 1. The highest BCUT2D eigenvalue weighted by Gasteiger charge is 2.21. The molecule has 74 valence electrons. The molecular weight excluding hydrogens is 180 g/mol. The molecule has 0 fully saturated rings. The van der Waals surface area contributed by atoms with Crippen LogP contribution in [0.1, 0.15) is 13.8 Å². The van der Waals surface area contributed by atoms with E-state index >= 15 is 0 Å². The van der Waals surface area contributed by atoms with E-state index in [1.54, 1.807) is 6.20 Å². The monoisotopic (exact) mass is 192 g/mol. The highest BCUT2D eigenvalue weighted by atomic mass is 16.2. The normalized spacial score (nSPS) is 12.1. The summed E-state index contributed by atoms with van der Waals surface area (Å²) in [7, 11) is 0. The number of H-pyrrole nitrogens is 1. The van der Waals surface area contributed by atoms with E-state index < -0.39 is 5.92 Å². The predicted molar refractivity (Wildman–Crippen MR) is 51.2 cm³/mol. The zero-order chi connectivity index (χ0) is 10.6. The van der Waals surface area contributed by atoms with Crippen molar-refractivity contribution in [3.05, 3.63) is 12.4 Å². The fourth-order valence-electron chi connectivity index (χ4n) is 1.04. The number of amides is 1. The van der Waals surface area contributed by atoms with Gasteiger partial charge in [0.15, 0.2) is 0 Å². The van der Waals surface area contributed by atoms with Gasteiger partial charge in [0, 0.05) is 12.4 Å². The molecule has 14 heavy (non-hydrogen) atoms. The molecule has 1 heterocycles. The van der Waals surface area contributed by atoms with E-state index in [2.05, 4.69) is 15.3 Å². The number of hydrogen-bond donors (Lipinski definition) is 2. The summed E-state index contributed by atoms with van der Waals surface area (Å²) in [5.41, 5.74) is 0. The Bertz CT molecular complexity index is 336. The molecule has 0 aliphatic carbocycles. The van der Waals surface area contributed by atoms with Crippen molar-refractivity contribution in [1.82, 2.24) is 9.97 Å². The van der Waals surface area contributed by atoms with Gasteiger partial charge in [-0.1, -0.05) is 13.8 Å². The molecule has 1 rings (SSSR count). The number of nitriles is 1. The topological polar surface area (TPSA) is 81.6 Å². The summed E-state index contributed by atoms with van der Waals surface area (Å²) in [6, 6.07) is 1.96. The average molecular weight is 192 g/mol. The fourth-order valence-corrected chi connectivity index (χ4v) is 1.04. The van der Waals surface area contributed by atoms with Crippen molar-refractivity contribution in [1.29, 1.82) is 5.26 Å². The Morgan fingerprint density at radius 1 is 1.71 bits per heavy atom. The summed E-state index contributed by atoms with van der Waals surface area (Å²) >= 11 is 0. The second-order valence-corrected chi connectivity index (χ2v) is 3.28. The first-order chi connectivity index (χ1) is 6.65. The van der Waals surface area contributed by atoms with Crippen LogP contribution in [-0.2, 0) is 4.79 Å². The van der Waals surface area contributed by atoms with Gasteiger partial charge in [-0.25, -0.2) is 4.98 Å². The summed E-state index contributed by atoms with van der Waals surface area (Å²) in [5, 5.41) is 11.3. The van der Waals surface area contributed by atoms with Crippen LogP contribution >= 0.6 is 0 Å². The number of nitrogens with zero attached hydrogens (tertiary/aromatic N) is 2. The molecule has 0 aromatic carbocycles. The van der Waals surface area contributed by atoms with Crippen LogP contribution in [0.3, 0.4) is 0 Å². The lowest BCUT2D eigenvalue weighted by Crippen LogP contribution is -2.26. The number of imidazole rings is 1. The SMILES string of the molecule is CC(C)C(C#N)C(=O)Nc1ncc[nH]1.